The van der Waals surface area contributed by atoms with E-state index in [1.807, 2.05) is 85.8 Å². The van der Waals surface area contributed by atoms with Gasteiger partial charge in [0, 0.05) is 54.7 Å². The average molecular weight is 844 g/mol. The Bertz CT molecular complexity index is 3850. The minimum atomic E-state index is 0.557. The van der Waals surface area contributed by atoms with Crippen molar-refractivity contribution in [3.05, 3.63) is 210 Å². The largest absolute Gasteiger partial charge is 0.457 e. The quantitative estimate of drug-likeness (QED) is 0.169. The molecule has 1 N–H and O–H groups in total. The molecule has 4 aromatic heterocycles. The Morgan fingerprint density at radius 2 is 1.22 bits per heavy atom. The molecule has 0 saturated heterocycles. The van der Waals surface area contributed by atoms with E-state index < -0.39 is 0 Å². The van der Waals surface area contributed by atoms with Gasteiger partial charge in [-0.2, -0.15) is 0 Å². The molecule has 0 amide bonds. The summed E-state index contributed by atoms with van der Waals surface area (Å²) in [7, 11) is 0. The van der Waals surface area contributed by atoms with Gasteiger partial charge in [0.15, 0.2) is 5.58 Å². The van der Waals surface area contributed by atoms with E-state index in [-0.39, 0.29) is 0 Å². The molecule has 0 aliphatic rings. The summed E-state index contributed by atoms with van der Waals surface area (Å²) in [5, 5.41) is 16.7. The Morgan fingerprint density at radius 3 is 1.95 bits per heavy atom. The molecule has 0 aliphatic heterocycles. The fourth-order valence-electron chi connectivity index (χ4n) is 9.05. The van der Waals surface area contributed by atoms with E-state index in [4.69, 9.17) is 18.7 Å². The van der Waals surface area contributed by atoms with E-state index in [1.54, 1.807) is 0 Å². The number of para-hydroxylation sites is 5. The van der Waals surface area contributed by atoms with Crippen molar-refractivity contribution in [2.45, 2.75) is 20.4 Å². The zero-order valence-electron chi connectivity index (χ0n) is 36.2. The molecule has 314 valence electrons. The zero-order valence-corrected chi connectivity index (χ0v) is 36.2. The Labute approximate surface area is 375 Å². The second-order valence-corrected chi connectivity index (χ2v) is 15.9. The van der Waals surface area contributed by atoms with Gasteiger partial charge in [-0.15, -0.1) is 0 Å². The van der Waals surface area contributed by atoms with Crippen molar-refractivity contribution >= 4 is 102 Å². The highest BCUT2D eigenvalue weighted by Gasteiger charge is 2.20. The van der Waals surface area contributed by atoms with Gasteiger partial charge in [-0.05, 0) is 85.3 Å². The number of aliphatic imine (C=N–C) groups is 1. The number of hydrogen-bond acceptors (Lipinski definition) is 5. The van der Waals surface area contributed by atoms with Crippen molar-refractivity contribution in [2.75, 3.05) is 0 Å². The summed E-state index contributed by atoms with van der Waals surface area (Å²) in [6, 6.07) is 60.4. The molecular formula is C59H45N3O3. The van der Waals surface area contributed by atoms with Crippen LogP contribution in [0, 0.1) is 12.3 Å². The minimum absolute atomic E-state index is 0.557. The van der Waals surface area contributed by atoms with E-state index in [0.29, 0.717) is 5.42 Å². The highest BCUT2D eigenvalue weighted by molar-refractivity contribution is 6.16. The van der Waals surface area contributed by atoms with Crippen LogP contribution >= 0.6 is 0 Å². The van der Waals surface area contributed by atoms with Crippen LogP contribution in [0.25, 0.3) is 106 Å². The first kappa shape index (κ1) is 40.6. The van der Waals surface area contributed by atoms with Gasteiger partial charge in [0.05, 0.1) is 23.3 Å². The molecule has 6 heteroatoms. The van der Waals surface area contributed by atoms with E-state index in [0.717, 1.165) is 89.3 Å². The van der Waals surface area contributed by atoms with Gasteiger partial charge in [0.1, 0.15) is 27.7 Å². The molecule has 0 aliphatic carbocycles. The van der Waals surface area contributed by atoms with E-state index in [2.05, 4.69) is 139 Å². The predicted octanol–water partition coefficient (Wildman–Crippen LogP) is 14.7. The summed E-state index contributed by atoms with van der Waals surface area (Å²) >= 11 is 0. The smallest absolute Gasteiger partial charge is 0.159 e. The number of aromatic nitrogens is 1. The fraction of sp³-hybridized carbons (Fsp3) is 0.0508. The number of allylic oxidation sites excluding steroid dienone is 2. The van der Waals surface area contributed by atoms with Crippen molar-refractivity contribution in [3.8, 4) is 16.8 Å². The van der Waals surface area contributed by atoms with Gasteiger partial charge in [-0.25, -0.2) is 0 Å². The van der Waals surface area contributed by atoms with Crippen molar-refractivity contribution < 1.29 is 13.3 Å². The predicted molar refractivity (Wildman–Crippen MR) is 273 cm³/mol. The molecule has 12 aromatic rings. The first-order valence-corrected chi connectivity index (χ1v) is 21.6. The molecular weight excluding hydrogens is 799 g/mol. The monoisotopic (exact) mass is 843 g/mol. The molecule has 0 unspecified atom stereocenters. The van der Waals surface area contributed by atoms with Crippen LogP contribution in [-0.4, -0.2) is 17.5 Å². The lowest BCUT2D eigenvalue weighted by atomic mass is 9.97. The number of nitrogens with zero attached hydrogens (tertiary/aromatic N) is 2. The van der Waals surface area contributed by atoms with Crippen LogP contribution in [0.2, 0.25) is 0 Å². The lowest BCUT2D eigenvalue weighted by molar-refractivity contribution is 0.577. The van der Waals surface area contributed by atoms with Gasteiger partial charge in [-0.3, -0.25) is 4.99 Å². The van der Waals surface area contributed by atoms with E-state index in [9.17, 15) is 0 Å². The van der Waals surface area contributed by atoms with Gasteiger partial charge >= 0.3 is 0 Å². The van der Waals surface area contributed by atoms with Gasteiger partial charge in [0.25, 0.3) is 0 Å². The number of nitrogens with one attached hydrogen (secondary N) is 1. The van der Waals surface area contributed by atoms with Crippen LogP contribution in [0.15, 0.2) is 206 Å². The van der Waals surface area contributed by atoms with Crippen LogP contribution in [0.5, 0.6) is 0 Å². The van der Waals surface area contributed by atoms with Crippen LogP contribution in [0.4, 0.5) is 0 Å². The second kappa shape index (κ2) is 17.4. The molecule has 0 atom stereocenters. The number of hydrogen-bond donors (Lipinski definition) is 1. The van der Waals surface area contributed by atoms with Crippen molar-refractivity contribution in [3.63, 3.8) is 0 Å². The number of aryl methyl sites for hydroxylation is 1. The first-order chi connectivity index (χ1) is 32.0. The Kier molecular flexibility index (Phi) is 10.8. The highest BCUT2D eigenvalue weighted by atomic mass is 16.3. The summed E-state index contributed by atoms with van der Waals surface area (Å²) in [5.74, 6) is 0. The summed E-state index contributed by atoms with van der Waals surface area (Å²) in [6.07, 6.45) is 5.20. The van der Waals surface area contributed by atoms with Crippen LogP contribution in [0.1, 0.15) is 18.1 Å². The molecule has 0 bridgehead atoms. The first-order valence-electron chi connectivity index (χ1n) is 21.6. The molecule has 4 heterocycles. The lowest BCUT2D eigenvalue weighted by Crippen LogP contribution is -2.21. The summed E-state index contributed by atoms with van der Waals surface area (Å²) in [5.41, 5.74) is 13.6. The molecule has 12 rings (SSSR count). The maximum absolute atomic E-state index is 7.99. The topological polar surface area (TPSA) is 80.6 Å². The second-order valence-electron chi connectivity index (χ2n) is 15.9. The molecule has 0 radical (unpaired) electrons. The molecule has 65 heavy (non-hydrogen) atoms. The number of fused-ring (bicyclic) bond motifs is 10. The molecule has 8 aromatic carbocycles. The third-order valence-corrected chi connectivity index (χ3v) is 11.9. The number of benzene rings is 8. The summed E-state index contributed by atoms with van der Waals surface area (Å²) in [4.78, 5) is 3.76. The van der Waals surface area contributed by atoms with Crippen LogP contribution in [0.3, 0.4) is 0 Å². The van der Waals surface area contributed by atoms with Gasteiger partial charge < -0.3 is 23.2 Å². The maximum Gasteiger partial charge on any atom is 0.159 e. The highest BCUT2D eigenvalue weighted by Crippen LogP contribution is 2.41. The zero-order chi connectivity index (χ0) is 44.4. The van der Waals surface area contributed by atoms with Crippen molar-refractivity contribution in [1.82, 2.24) is 4.57 Å². The van der Waals surface area contributed by atoms with Gasteiger partial charge in [0.2, 0.25) is 0 Å². The standard InChI is InChI=1S/C38H26N2O2.C13H10O.C8H9N/c1-3-10-25(22-39)36-23(2)41-34-20-19-24(21-30(34)36)26-13-9-18-35-37(26)29-14-8-17-33(38(29)42-35)40-31-15-6-4-11-27(31)28-12-5-7-16-32(28)40;1-9-5-4-7-11-10-6-2-3-8-12(10)14-13(9)11;1-9-7-8-5-3-2-4-6-8/h3-22,39H,2H2,1H3;2-8H,1H3;2-6H,1,7H2/b10-3-,36-25-,39-22?;;. The van der Waals surface area contributed by atoms with E-state index >= 15 is 0 Å². The Hall–Kier alpha value is -8.48. The number of furan rings is 3. The lowest BCUT2D eigenvalue weighted by Gasteiger charge is -2.08. The average Bonchev–Trinajstić information content (AvgIpc) is 4.11. The summed E-state index contributed by atoms with van der Waals surface area (Å²) < 4.78 is 20.8. The Balaban J connectivity index is 0.000000175. The Morgan fingerprint density at radius 1 is 0.600 bits per heavy atom. The maximum atomic E-state index is 7.99. The van der Waals surface area contributed by atoms with E-state index in [1.165, 1.54) is 38.9 Å². The van der Waals surface area contributed by atoms with Crippen molar-refractivity contribution in [2.24, 2.45) is 4.99 Å². The van der Waals surface area contributed by atoms with Crippen molar-refractivity contribution in [1.29, 1.82) is 5.41 Å². The van der Waals surface area contributed by atoms with Crippen LogP contribution in [-0.2, 0) is 6.54 Å². The molecule has 0 spiro atoms. The molecule has 6 nitrogen and oxygen atoms in total. The van der Waals surface area contributed by atoms with Crippen LogP contribution < -0.4 is 10.6 Å². The summed E-state index contributed by atoms with van der Waals surface area (Å²) in [6.45, 7) is 12.3. The fourth-order valence-corrected chi connectivity index (χ4v) is 9.05. The third-order valence-electron chi connectivity index (χ3n) is 11.9. The molecule has 0 saturated carbocycles. The third kappa shape index (κ3) is 7.31. The number of rotatable bonds is 6. The molecule has 0 fully saturated rings. The van der Waals surface area contributed by atoms with Gasteiger partial charge in [-0.1, -0.05) is 152 Å². The normalized spacial score (nSPS) is 12.0. The minimum Gasteiger partial charge on any atom is -0.457 e. The SMILES string of the molecule is C=NCc1ccccc1.C=c1oc2ccc(-c3cccc4oc5c(-n6c7ccccc7c7ccccc76)cccc5c34)cc2/c1=C(C=N)/C=C\C.Cc1cccc2c1oc1ccccc12.